The van der Waals surface area contributed by atoms with Crippen LogP contribution in [0.15, 0.2) is 6.07 Å². The van der Waals surface area contributed by atoms with Crippen molar-refractivity contribution >= 4 is 5.82 Å². The second-order valence-electron chi connectivity index (χ2n) is 3.06. The lowest BCUT2D eigenvalue weighted by atomic mass is 9.98. The summed E-state index contributed by atoms with van der Waals surface area (Å²) < 4.78 is 1.12. The van der Waals surface area contributed by atoms with Crippen molar-refractivity contribution in [2.75, 3.05) is 5.73 Å². The monoisotopic (exact) mass is 152 g/mol. The maximum absolute atomic E-state index is 9.38. The number of nitrogens with two attached hydrogens (primary N) is 1. The van der Waals surface area contributed by atoms with Crippen LogP contribution in [0.1, 0.15) is 24.1 Å². The van der Waals surface area contributed by atoms with Gasteiger partial charge in [0.2, 0.25) is 0 Å². The first-order valence-electron chi connectivity index (χ1n) is 3.97. The Hall–Kier alpha value is -1.12. The van der Waals surface area contributed by atoms with Crippen LogP contribution >= 0.6 is 0 Å². The summed E-state index contributed by atoms with van der Waals surface area (Å²) in [6.07, 6.45) is 4.41. The van der Waals surface area contributed by atoms with Crippen LogP contribution in [0.5, 0.6) is 0 Å². The molecule has 11 heavy (non-hydrogen) atoms. The summed E-state index contributed by atoms with van der Waals surface area (Å²) in [4.78, 5) is 0. The fourth-order valence-corrected chi connectivity index (χ4v) is 1.71. The number of aromatic nitrogens is 1. The Kier molecular flexibility index (Phi) is 1.31. The van der Waals surface area contributed by atoms with E-state index in [1.165, 1.54) is 12.0 Å². The Balaban J connectivity index is 2.50. The van der Waals surface area contributed by atoms with Crippen molar-refractivity contribution in [1.29, 1.82) is 0 Å². The fourth-order valence-electron chi connectivity index (χ4n) is 1.71. The summed E-state index contributed by atoms with van der Waals surface area (Å²) in [6.45, 7) is 0. The molecule has 1 aromatic heterocycles. The summed E-state index contributed by atoms with van der Waals surface area (Å²) >= 11 is 0. The van der Waals surface area contributed by atoms with E-state index in [0.29, 0.717) is 5.82 Å². The summed E-state index contributed by atoms with van der Waals surface area (Å²) in [5.41, 5.74) is 7.76. The largest absolute Gasteiger partial charge is 0.427 e. The van der Waals surface area contributed by atoms with Crippen molar-refractivity contribution in [3.05, 3.63) is 17.3 Å². The highest BCUT2D eigenvalue weighted by molar-refractivity contribution is 5.41. The number of nitrogens with zero attached hydrogens (tertiary/aromatic N) is 1. The van der Waals surface area contributed by atoms with E-state index in [-0.39, 0.29) is 0 Å². The van der Waals surface area contributed by atoms with Crippen LogP contribution < -0.4 is 5.73 Å². The highest BCUT2D eigenvalue weighted by Gasteiger charge is 2.15. The molecule has 0 aromatic carbocycles. The minimum atomic E-state index is 0.469. The lowest BCUT2D eigenvalue weighted by Gasteiger charge is -2.11. The quantitative estimate of drug-likeness (QED) is 0.548. The molecule has 0 amide bonds. The lowest BCUT2D eigenvalue weighted by Crippen LogP contribution is -2.06. The molecule has 1 heterocycles. The molecule has 2 rings (SSSR count). The maximum Gasteiger partial charge on any atom is 0.140 e. The predicted molar refractivity (Wildman–Crippen MR) is 42.7 cm³/mol. The van der Waals surface area contributed by atoms with E-state index >= 15 is 0 Å². The summed E-state index contributed by atoms with van der Waals surface area (Å²) in [6, 6.07) is 1.87. The van der Waals surface area contributed by atoms with Crippen molar-refractivity contribution < 1.29 is 5.21 Å². The van der Waals surface area contributed by atoms with Crippen LogP contribution in [0.2, 0.25) is 0 Å². The highest BCUT2D eigenvalue weighted by atomic mass is 16.5. The van der Waals surface area contributed by atoms with Gasteiger partial charge in [-0.05, 0) is 37.3 Å². The third-order valence-electron chi connectivity index (χ3n) is 2.30. The van der Waals surface area contributed by atoms with E-state index in [4.69, 9.17) is 5.73 Å². The molecule has 60 valence electrons. The average Bonchev–Trinajstić information content (AvgIpc) is 2.30. The normalized spacial score (nSPS) is 16.4. The maximum atomic E-state index is 9.38. The molecule has 3 heteroatoms. The molecule has 3 N–H and O–H groups in total. The topological polar surface area (TPSA) is 51.2 Å². The number of aryl methyl sites for hydroxylation is 1. The molecule has 0 radical (unpaired) electrons. The zero-order valence-electron chi connectivity index (χ0n) is 6.38. The van der Waals surface area contributed by atoms with E-state index in [2.05, 4.69) is 0 Å². The van der Waals surface area contributed by atoms with Crippen molar-refractivity contribution in [3.63, 3.8) is 0 Å². The Morgan fingerprint density at radius 2 is 2.09 bits per heavy atom. The molecule has 1 aromatic rings. The van der Waals surface area contributed by atoms with E-state index in [0.717, 1.165) is 29.7 Å². The van der Waals surface area contributed by atoms with E-state index in [9.17, 15) is 5.21 Å². The molecule has 0 bridgehead atoms. The van der Waals surface area contributed by atoms with Gasteiger partial charge >= 0.3 is 0 Å². The summed E-state index contributed by atoms with van der Waals surface area (Å²) in [7, 11) is 0. The van der Waals surface area contributed by atoms with Gasteiger partial charge in [0.05, 0.1) is 5.69 Å². The van der Waals surface area contributed by atoms with Crippen LogP contribution in [0.4, 0.5) is 5.82 Å². The molecular weight excluding hydrogens is 140 g/mol. The van der Waals surface area contributed by atoms with Crippen LogP contribution in [-0.4, -0.2) is 9.94 Å². The third-order valence-corrected chi connectivity index (χ3v) is 2.30. The van der Waals surface area contributed by atoms with Gasteiger partial charge in [-0.1, -0.05) is 0 Å². The van der Waals surface area contributed by atoms with Gasteiger partial charge in [-0.3, -0.25) is 0 Å². The predicted octanol–water partition coefficient (Wildman–Crippen LogP) is 1.19. The van der Waals surface area contributed by atoms with Gasteiger partial charge in [0, 0.05) is 0 Å². The number of fused-ring (bicyclic) bond motifs is 1. The third kappa shape index (κ3) is 0.878. The molecule has 0 saturated heterocycles. The number of nitrogen functional groups attached to an aromatic ring is 1. The molecule has 3 nitrogen and oxygen atoms in total. The van der Waals surface area contributed by atoms with Gasteiger partial charge in [-0.2, -0.15) is 4.73 Å². The van der Waals surface area contributed by atoms with E-state index in [1.807, 2.05) is 6.07 Å². The van der Waals surface area contributed by atoms with Gasteiger partial charge < -0.3 is 10.9 Å². The Bertz CT molecular complexity index is 278. The van der Waals surface area contributed by atoms with Crippen LogP contribution in [-0.2, 0) is 12.8 Å². The summed E-state index contributed by atoms with van der Waals surface area (Å²) in [5, 5.41) is 9.38. The zero-order chi connectivity index (χ0) is 7.84. The van der Waals surface area contributed by atoms with Gasteiger partial charge in [-0.25, -0.2) is 0 Å². The van der Waals surface area contributed by atoms with E-state index < -0.39 is 0 Å². The highest BCUT2D eigenvalue weighted by Crippen LogP contribution is 2.24. The van der Waals surface area contributed by atoms with E-state index in [1.54, 1.807) is 0 Å². The van der Waals surface area contributed by atoms with Crippen molar-refractivity contribution in [2.45, 2.75) is 25.7 Å². The summed E-state index contributed by atoms with van der Waals surface area (Å²) in [5.74, 6) is 0.469. The van der Waals surface area contributed by atoms with Crippen molar-refractivity contribution in [3.8, 4) is 0 Å². The Labute approximate surface area is 65.4 Å². The molecular formula is C8H12N2O. The van der Waals surface area contributed by atoms with Crippen molar-refractivity contribution in [1.82, 2.24) is 4.73 Å². The molecule has 1 aliphatic rings. The molecule has 0 unspecified atom stereocenters. The lowest BCUT2D eigenvalue weighted by molar-refractivity contribution is 0.182. The van der Waals surface area contributed by atoms with Gasteiger partial charge in [0.25, 0.3) is 0 Å². The molecule has 0 spiro atoms. The Morgan fingerprint density at radius 3 is 2.82 bits per heavy atom. The van der Waals surface area contributed by atoms with Gasteiger partial charge in [0.1, 0.15) is 5.82 Å². The van der Waals surface area contributed by atoms with Gasteiger partial charge in [0.15, 0.2) is 0 Å². The standard InChI is InChI=1S/C8H12N2O/c9-8-5-6-3-1-2-4-7(6)10(8)11/h5,11H,1-4,9H2. The number of hydrogen-bond donors (Lipinski definition) is 2. The number of hydrogen-bond acceptors (Lipinski definition) is 2. The SMILES string of the molecule is Nc1cc2c(n1O)CCCC2. The van der Waals surface area contributed by atoms with Crippen molar-refractivity contribution in [2.24, 2.45) is 0 Å². The molecule has 0 atom stereocenters. The first-order chi connectivity index (χ1) is 5.29. The van der Waals surface area contributed by atoms with Crippen LogP contribution in [0.3, 0.4) is 0 Å². The second-order valence-corrected chi connectivity index (χ2v) is 3.06. The van der Waals surface area contributed by atoms with Crippen LogP contribution in [0.25, 0.3) is 0 Å². The van der Waals surface area contributed by atoms with Gasteiger partial charge in [-0.15, -0.1) is 0 Å². The minimum Gasteiger partial charge on any atom is -0.427 e. The molecule has 0 saturated carbocycles. The molecule has 0 aliphatic heterocycles. The molecule has 0 fully saturated rings. The second kappa shape index (κ2) is 2.19. The first kappa shape index (κ1) is 6.58. The molecule has 1 aliphatic carbocycles. The first-order valence-corrected chi connectivity index (χ1v) is 3.97. The number of anilines is 1. The average molecular weight is 152 g/mol. The number of rotatable bonds is 0. The smallest absolute Gasteiger partial charge is 0.140 e. The van der Waals surface area contributed by atoms with Crippen LogP contribution in [0, 0.1) is 0 Å². The minimum absolute atomic E-state index is 0.469. The fraction of sp³-hybridized carbons (Fsp3) is 0.500. The Morgan fingerprint density at radius 1 is 1.36 bits per heavy atom. The zero-order valence-corrected chi connectivity index (χ0v) is 6.38.